The average molecular weight is 391 g/mol. The molecule has 25 heavy (non-hydrogen) atoms. The Kier molecular flexibility index (Phi) is 5.27. The van der Waals surface area contributed by atoms with Gasteiger partial charge in [0.25, 0.3) is 10.0 Å². The van der Waals surface area contributed by atoms with Crippen molar-refractivity contribution in [1.82, 2.24) is 4.98 Å². The predicted molar refractivity (Wildman–Crippen MR) is 106 cm³/mol. The standard InChI is InChI=1S/C16H14N4O2S3/c21-25(22,15-8-4-10-24-15)20-14-7-2-1-6-13(14)19-16(23)18-12-5-3-9-17-11-12/h1-11,20H,(H2,18,19,23). The number of sulfonamides is 1. The van der Waals surface area contributed by atoms with E-state index in [1.54, 1.807) is 60.2 Å². The summed E-state index contributed by atoms with van der Waals surface area (Å²) >= 11 is 6.43. The van der Waals surface area contributed by atoms with Crippen LogP contribution < -0.4 is 15.4 Å². The van der Waals surface area contributed by atoms with Gasteiger partial charge < -0.3 is 10.6 Å². The van der Waals surface area contributed by atoms with Gasteiger partial charge in [0, 0.05) is 6.20 Å². The molecule has 6 nitrogen and oxygen atoms in total. The van der Waals surface area contributed by atoms with E-state index in [1.165, 1.54) is 0 Å². The van der Waals surface area contributed by atoms with Crippen molar-refractivity contribution in [1.29, 1.82) is 0 Å². The summed E-state index contributed by atoms with van der Waals surface area (Å²) in [5.41, 5.74) is 1.69. The first-order valence-electron chi connectivity index (χ1n) is 7.18. The second-order valence-electron chi connectivity index (χ2n) is 4.90. The smallest absolute Gasteiger partial charge is 0.271 e. The number of benzene rings is 1. The van der Waals surface area contributed by atoms with Gasteiger partial charge in [0.05, 0.1) is 23.3 Å². The molecule has 0 atom stereocenters. The lowest BCUT2D eigenvalue weighted by atomic mass is 10.3. The molecule has 0 aliphatic heterocycles. The number of para-hydroxylation sites is 2. The van der Waals surface area contributed by atoms with Gasteiger partial charge in [0.1, 0.15) is 4.21 Å². The first-order chi connectivity index (χ1) is 12.0. The lowest BCUT2D eigenvalue weighted by molar-refractivity contribution is 0.603. The molecule has 9 heteroatoms. The van der Waals surface area contributed by atoms with Crippen LogP contribution in [0.2, 0.25) is 0 Å². The van der Waals surface area contributed by atoms with Crippen LogP contribution >= 0.6 is 23.6 Å². The fraction of sp³-hybridized carbons (Fsp3) is 0. The molecular formula is C16H14N4O2S3. The van der Waals surface area contributed by atoms with Crippen molar-refractivity contribution >= 4 is 55.8 Å². The van der Waals surface area contributed by atoms with E-state index < -0.39 is 10.0 Å². The van der Waals surface area contributed by atoms with Gasteiger partial charge in [-0.3, -0.25) is 9.71 Å². The van der Waals surface area contributed by atoms with Gasteiger partial charge in [0.2, 0.25) is 0 Å². The van der Waals surface area contributed by atoms with E-state index in [0.29, 0.717) is 16.5 Å². The Bertz CT molecular complexity index is 958. The Morgan fingerprint density at radius 3 is 2.48 bits per heavy atom. The number of aromatic nitrogens is 1. The number of nitrogens with zero attached hydrogens (tertiary/aromatic N) is 1. The summed E-state index contributed by atoms with van der Waals surface area (Å²) in [5, 5.41) is 8.03. The zero-order chi connectivity index (χ0) is 17.7. The largest absolute Gasteiger partial charge is 0.331 e. The molecule has 0 saturated carbocycles. The van der Waals surface area contributed by atoms with Crippen LogP contribution in [0.15, 0.2) is 70.5 Å². The van der Waals surface area contributed by atoms with Crippen LogP contribution in [0, 0.1) is 0 Å². The monoisotopic (exact) mass is 390 g/mol. The average Bonchev–Trinajstić information content (AvgIpc) is 3.13. The molecule has 0 aliphatic rings. The number of nitrogens with one attached hydrogen (secondary N) is 3. The van der Waals surface area contributed by atoms with Crippen molar-refractivity contribution < 1.29 is 8.42 Å². The maximum absolute atomic E-state index is 12.4. The van der Waals surface area contributed by atoms with E-state index in [1.807, 2.05) is 6.07 Å². The summed E-state index contributed by atoms with van der Waals surface area (Å²) in [6, 6.07) is 13.8. The van der Waals surface area contributed by atoms with E-state index >= 15 is 0 Å². The Balaban J connectivity index is 1.76. The van der Waals surface area contributed by atoms with E-state index in [2.05, 4.69) is 20.3 Å². The van der Waals surface area contributed by atoms with E-state index in [-0.39, 0.29) is 4.21 Å². The third kappa shape index (κ3) is 4.53. The number of hydrogen-bond donors (Lipinski definition) is 3. The van der Waals surface area contributed by atoms with Gasteiger partial charge in [-0.2, -0.15) is 0 Å². The molecule has 0 unspecified atom stereocenters. The maximum atomic E-state index is 12.4. The van der Waals surface area contributed by atoms with E-state index in [4.69, 9.17) is 12.2 Å². The highest BCUT2D eigenvalue weighted by Crippen LogP contribution is 2.26. The Labute approximate surface area is 155 Å². The van der Waals surface area contributed by atoms with Gasteiger partial charge in [-0.1, -0.05) is 18.2 Å². The number of pyridine rings is 1. The molecule has 1 aromatic carbocycles. The van der Waals surface area contributed by atoms with Crippen molar-refractivity contribution in [2.75, 3.05) is 15.4 Å². The highest BCUT2D eigenvalue weighted by atomic mass is 32.2. The number of rotatable bonds is 5. The Morgan fingerprint density at radius 2 is 1.80 bits per heavy atom. The summed E-state index contributed by atoms with van der Waals surface area (Å²) < 4.78 is 27.6. The molecule has 0 saturated heterocycles. The van der Waals surface area contributed by atoms with Gasteiger partial charge in [-0.15, -0.1) is 11.3 Å². The van der Waals surface area contributed by atoms with Crippen molar-refractivity contribution in [2.45, 2.75) is 4.21 Å². The second kappa shape index (κ2) is 7.60. The highest BCUT2D eigenvalue weighted by molar-refractivity contribution is 7.94. The lowest BCUT2D eigenvalue weighted by Gasteiger charge is -2.15. The van der Waals surface area contributed by atoms with Crippen LogP contribution in [0.3, 0.4) is 0 Å². The van der Waals surface area contributed by atoms with Crippen molar-refractivity contribution in [3.63, 3.8) is 0 Å². The van der Waals surface area contributed by atoms with Gasteiger partial charge in [0.15, 0.2) is 5.11 Å². The molecular weight excluding hydrogens is 376 g/mol. The molecule has 3 N–H and O–H groups in total. The maximum Gasteiger partial charge on any atom is 0.271 e. The molecule has 0 radical (unpaired) electrons. The molecule has 2 heterocycles. The molecule has 0 bridgehead atoms. The van der Waals surface area contributed by atoms with Crippen LogP contribution in [0.25, 0.3) is 0 Å². The SMILES string of the molecule is O=S(=O)(Nc1ccccc1NC(=S)Nc1cccnc1)c1cccs1. The fourth-order valence-electron chi connectivity index (χ4n) is 2.01. The molecule has 3 rings (SSSR count). The van der Waals surface area contributed by atoms with Crippen LogP contribution in [0.5, 0.6) is 0 Å². The molecule has 0 spiro atoms. The van der Waals surface area contributed by atoms with Crippen LogP contribution in [0.1, 0.15) is 0 Å². The Hall–Kier alpha value is -2.49. The zero-order valence-corrected chi connectivity index (χ0v) is 15.3. The molecule has 128 valence electrons. The normalized spacial score (nSPS) is 10.9. The third-order valence-corrected chi connectivity index (χ3v) is 6.07. The van der Waals surface area contributed by atoms with Crippen LogP contribution in [0.4, 0.5) is 17.1 Å². The van der Waals surface area contributed by atoms with Crippen LogP contribution in [-0.4, -0.2) is 18.5 Å². The topological polar surface area (TPSA) is 83.1 Å². The molecule has 3 aromatic rings. The quantitative estimate of drug-likeness (QED) is 0.576. The number of thiophene rings is 1. The first kappa shape index (κ1) is 17.3. The number of anilines is 3. The van der Waals surface area contributed by atoms with Gasteiger partial charge in [-0.25, -0.2) is 8.42 Å². The molecule has 2 aromatic heterocycles. The third-order valence-electron chi connectivity index (χ3n) is 3.10. The predicted octanol–water partition coefficient (Wildman–Crippen LogP) is 3.75. The summed E-state index contributed by atoms with van der Waals surface area (Å²) in [5.74, 6) is 0. The molecule has 0 amide bonds. The summed E-state index contributed by atoms with van der Waals surface area (Å²) in [6.07, 6.45) is 3.30. The molecule has 0 fully saturated rings. The minimum atomic E-state index is -3.63. The van der Waals surface area contributed by atoms with Crippen molar-refractivity contribution in [3.05, 3.63) is 66.3 Å². The molecule has 0 aliphatic carbocycles. The minimum absolute atomic E-state index is 0.248. The summed E-state index contributed by atoms with van der Waals surface area (Å²) in [4.78, 5) is 4.00. The Morgan fingerprint density at radius 1 is 1.00 bits per heavy atom. The first-order valence-corrected chi connectivity index (χ1v) is 9.95. The number of hydrogen-bond acceptors (Lipinski definition) is 5. The fourth-order valence-corrected chi connectivity index (χ4v) is 4.31. The summed E-state index contributed by atoms with van der Waals surface area (Å²) in [7, 11) is -3.63. The second-order valence-corrected chi connectivity index (χ2v) is 8.17. The van der Waals surface area contributed by atoms with Crippen molar-refractivity contribution in [2.24, 2.45) is 0 Å². The number of thiocarbonyl (C=S) groups is 1. The summed E-state index contributed by atoms with van der Waals surface area (Å²) in [6.45, 7) is 0. The highest BCUT2D eigenvalue weighted by Gasteiger charge is 2.17. The van der Waals surface area contributed by atoms with Gasteiger partial charge >= 0.3 is 0 Å². The zero-order valence-electron chi connectivity index (χ0n) is 12.8. The van der Waals surface area contributed by atoms with E-state index in [9.17, 15) is 8.42 Å². The minimum Gasteiger partial charge on any atom is -0.331 e. The lowest BCUT2D eigenvalue weighted by Crippen LogP contribution is -2.21. The van der Waals surface area contributed by atoms with Crippen molar-refractivity contribution in [3.8, 4) is 0 Å². The van der Waals surface area contributed by atoms with Crippen LogP contribution in [-0.2, 0) is 10.0 Å². The van der Waals surface area contributed by atoms with E-state index in [0.717, 1.165) is 17.0 Å². The van der Waals surface area contributed by atoms with Gasteiger partial charge in [-0.05, 0) is 47.9 Å².